The smallest absolute Gasteiger partial charge is 0.268 e. The minimum atomic E-state index is -1.61. The first kappa shape index (κ1) is 49.2. The molecule has 4 heterocycles. The summed E-state index contributed by atoms with van der Waals surface area (Å²) in [6.45, 7) is 12.6. The van der Waals surface area contributed by atoms with Gasteiger partial charge in [-0.1, -0.05) is 205 Å². The van der Waals surface area contributed by atoms with E-state index < -0.39 is 11.8 Å². The molecule has 1 aliphatic rings. The molecule has 396 valence electrons. The van der Waals surface area contributed by atoms with Crippen molar-refractivity contribution >= 4 is 32.8 Å². The molecule has 0 radical (unpaired) electrons. The van der Waals surface area contributed by atoms with Crippen molar-refractivity contribution in [2.45, 2.75) is 53.3 Å². The minimum absolute atomic E-state index is 0. The average Bonchev–Trinajstić information content (AvgIpc) is 3.08. The van der Waals surface area contributed by atoms with Crippen molar-refractivity contribution in [2.24, 2.45) is 5.41 Å². The van der Waals surface area contributed by atoms with Crippen LogP contribution >= 0.6 is 0 Å². The van der Waals surface area contributed by atoms with Gasteiger partial charge in [0.25, 0.3) is 6.33 Å². The van der Waals surface area contributed by atoms with Gasteiger partial charge in [-0.05, 0) is 143 Å². The van der Waals surface area contributed by atoms with Crippen LogP contribution in [0.5, 0.6) is 11.5 Å². The number of benzene rings is 10. The standard InChI is InChI=1S/C75H58N4O.Pt/c1-74(2,3)47-49-38-39-76-71(40-49)79-68-32-16-15-28-63(68)64-37-35-58(46-70(64)79)80-57-25-17-24-56(45-57)77-48-78-72-59(54-42-52(50-20-9-7-10-21-50)41-53(43-54)51-22-11-8-12-23-51)29-18-30-66(72)67-44-55(75(4,5)6)34-36-62(67)60-26-13-14-27-61(60)65-31-19-33-69(77)73(65)78;/h7-44H,47H2,1-6H3;/q-2;/i47D2;. The second kappa shape index (κ2) is 20.3. The van der Waals surface area contributed by atoms with Crippen molar-refractivity contribution in [2.75, 3.05) is 0 Å². The van der Waals surface area contributed by atoms with Gasteiger partial charge in [-0.3, -0.25) is 4.57 Å². The van der Waals surface area contributed by atoms with E-state index >= 15 is 0 Å². The summed E-state index contributed by atoms with van der Waals surface area (Å²) in [6, 6.07) is 86.7. The molecule has 0 atom stereocenters. The van der Waals surface area contributed by atoms with E-state index in [0.29, 0.717) is 22.9 Å². The SMILES string of the molecule is [2H]C([2H])(c1ccnc(-n2c3[c-]c(Oc4[c-]c(-n5[c-][n+]6c7c(cccc75)-c5ccccc5-c5ccc(C(C)(C)C)cc5-c5cccc(-c7cc(-c8ccccc8)cc(-c8ccccc8)c7)c5-6)ccc4)ccc3c3ccccc32)c1)C(C)(C)C.[Pt]. The summed E-state index contributed by atoms with van der Waals surface area (Å²) in [4.78, 5) is 4.83. The quantitative estimate of drug-likeness (QED) is 0.112. The van der Waals surface area contributed by atoms with Gasteiger partial charge >= 0.3 is 0 Å². The zero-order valence-electron chi connectivity index (χ0n) is 48.0. The molecule has 0 aliphatic carbocycles. The second-order valence-corrected chi connectivity index (χ2v) is 23.0. The molecule has 13 aromatic rings. The fourth-order valence-electron chi connectivity index (χ4n) is 11.7. The second-order valence-electron chi connectivity index (χ2n) is 23.0. The number of para-hydroxylation sites is 3. The molecule has 1 aliphatic heterocycles. The predicted octanol–water partition coefficient (Wildman–Crippen LogP) is 18.8. The van der Waals surface area contributed by atoms with Crippen molar-refractivity contribution in [3.05, 3.63) is 260 Å². The van der Waals surface area contributed by atoms with Gasteiger partial charge < -0.3 is 13.9 Å². The normalized spacial score (nSPS) is 12.6. The number of pyridine rings is 1. The van der Waals surface area contributed by atoms with Crippen LogP contribution in [-0.4, -0.2) is 14.1 Å². The topological polar surface area (TPSA) is 35.9 Å². The van der Waals surface area contributed by atoms with E-state index in [0.717, 1.165) is 105 Å². The summed E-state index contributed by atoms with van der Waals surface area (Å²) in [5.41, 5.74) is 20.0. The summed E-state index contributed by atoms with van der Waals surface area (Å²) in [5, 5.41) is 2.02. The first-order valence-electron chi connectivity index (χ1n) is 28.4. The van der Waals surface area contributed by atoms with Crippen LogP contribution < -0.4 is 9.30 Å². The number of rotatable bonds is 8. The first-order chi connectivity index (χ1) is 39.7. The van der Waals surface area contributed by atoms with Gasteiger partial charge in [0.15, 0.2) is 0 Å². The number of imidazole rings is 1. The van der Waals surface area contributed by atoms with Crippen LogP contribution in [0.15, 0.2) is 231 Å². The Morgan fingerprint density at radius 1 is 0.494 bits per heavy atom. The van der Waals surface area contributed by atoms with Gasteiger partial charge in [0.1, 0.15) is 5.82 Å². The number of fused-ring (bicyclic) bond motifs is 10. The predicted molar refractivity (Wildman–Crippen MR) is 328 cm³/mol. The zero-order valence-corrected chi connectivity index (χ0v) is 48.2. The van der Waals surface area contributed by atoms with E-state index in [1.807, 2.05) is 57.2 Å². The Morgan fingerprint density at radius 2 is 1.10 bits per heavy atom. The van der Waals surface area contributed by atoms with Gasteiger partial charge in [-0.25, -0.2) is 4.98 Å². The molecule has 0 bridgehead atoms. The van der Waals surface area contributed by atoms with E-state index in [9.17, 15) is 0 Å². The van der Waals surface area contributed by atoms with Crippen LogP contribution in [0.2, 0.25) is 0 Å². The van der Waals surface area contributed by atoms with E-state index in [4.69, 9.17) is 12.5 Å². The van der Waals surface area contributed by atoms with Gasteiger partial charge in [0.05, 0.1) is 16.7 Å². The molecule has 0 N–H and O–H groups in total. The van der Waals surface area contributed by atoms with Crippen molar-refractivity contribution in [3.63, 3.8) is 0 Å². The molecule has 5 nitrogen and oxygen atoms in total. The molecule has 14 rings (SSSR count). The maximum atomic E-state index is 9.12. The third-order valence-electron chi connectivity index (χ3n) is 15.3. The van der Waals surface area contributed by atoms with E-state index in [1.54, 1.807) is 12.3 Å². The van der Waals surface area contributed by atoms with Gasteiger partial charge in [-0.15, -0.1) is 29.7 Å². The van der Waals surface area contributed by atoms with Crippen molar-refractivity contribution in [3.8, 4) is 95.5 Å². The molecule has 0 amide bonds. The third kappa shape index (κ3) is 9.40. The van der Waals surface area contributed by atoms with Gasteiger partial charge in [0.2, 0.25) is 0 Å². The Morgan fingerprint density at radius 3 is 1.84 bits per heavy atom. The number of ether oxygens (including phenoxy) is 1. The van der Waals surface area contributed by atoms with Crippen LogP contribution in [-0.2, 0) is 32.9 Å². The Kier molecular flexibility index (Phi) is 12.3. The molecule has 6 heteroatoms. The average molecular weight is 1230 g/mol. The molecule has 3 aromatic heterocycles. The number of hydrogen-bond donors (Lipinski definition) is 0. The number of nitrogens with zero attached hydrogens (tertiary/aromatic N) is 4. The summed E-state index contributed by atoms with van der Waals surface area (Å²) >= 11 is 0. The molecule has 0 saturated heterocycles. The Labute approximate surface area is 491 Å². The number of aromatic nitrogens is 4. The molecular formula is C75H58N4OPt-2. The Bertz CT molecular complexity index is 4600. The number of hydrogen-bond acceptors (Lipinski definition) is 2. The molecule has 10 aromatic carbocycles. The van der Waals surface area contributed by atoms with Crippen LogP contribution in [0, 0.1) is 23.9 Å². The molecule has 0 unspecified atom stereocenters. The van der Waals surface area contributed by atoms with Crippen LogP contribution in [0.1, 0.15) is 55.4 Å². The van der Waals surface area contributed by atoms with Gasteiger partial charge in [-0.2, -0.15) is 18.2 Å². The third-order valence-corrected chi connectivity index (χ3v) is 15.3. The molecule has 0 saturated carbocycles. The largest absolute Gasteiger partial charge is 0.510 e. The molecule has 0 fully saturated rings. The van der Waals surface area contributed by atoms with Crippen molar-refractivity contribution < 1.29 is 33.1 Å². The van der Waals surface area contributed by atoms with Crippen LogP contribution in [0.4, 0.5) is 0 Å². The summed E-state index contributed by atoms with van der Waals surface area (Å²) in [5.74, 6) is 1.62. The summed E-state index contributed by atoms with van der Waals surface area (Å²) in [7, 11) is 0. The summed E-state index contributed by atoms with van der Waals surface area (Å²) in [6.07, 6.45) is 4.08. The first-order valence-corrected chi connectivity index (χ1v) is 27.4. The van der Waals surface area contributed by atoms with Crippen LogP contribution in [0.25, 0.3) is 117 Å². The fourth-order valence-corrected chi connectivity index (χ4v) is 11.7. The summed E-state index contributed by atoms with van der Waals surface area (Å²) < 4.78 is 31.5. The van der Waals surface area contributed by atoms with E-state index in [-0.39, 0.29) is 26.5 Å². The van der Waals surface area contributed by atoms with E-state index in [2.05, 4.69) is 235 Å². The van der Waals surface area contributed by atoms with Crippen molar-refractivity contribution in [1.82, 2.24) is 14.1 Å². The van der Waals surface area contributed by atoms with Crippen LogP contribution in [0.3, 0.4) is 0 Å². The Balaban J connectivity index is 0.00000645. The van der Waals surface area contributed by atoms with Gasteiger partial charge in [0, 0.05) is 47.0 Å². The maximum Gasteiger partial charge on any atom is 0.268 e. The minimum Gasteiger partial charge on any atom is -0.510 e. The molecular weight excluding hydrogens is 1170 g/mol. The fraction of sp³-hybridized carbons (Fsp3) is 0.120. The monoisotopic (exact) mass is 1230 g/mol. The van der Waals surface area contributed by atoms with E-state index in [1.165, 1.54) is 11.1 Å². The Hall–Kier alpha value is -8.89. The maximum absolute atomic E-state index is 9.12. The molecule has 0 spiro atoms. The zero-order chi connectivity index (χ0) is 56.1. The molecule has 81 heavy (non-hydrogen) atoms. The van der Waals surface area contributed by atoms with Crippen molar-refractivity contribution in [1.29, 1.82) is 0 Å².